The van der Waals surface area contributed by atoms with Gasteiger partial charge in [-0.3, -0.25) is 4.79 Å². The minimum Gasteiger partial charge on any atom is -0.487 e. The third-order valence-corrected chi connectivity index (χ3v) is 3.02. The minimum atomic E-state index is -0.346. The first-order valence-electron chi connectivity index (χ1n) is 6.76. The van der Waals surface area contributed by atoms with Crippen molar-refractivity contribution in [2.24, 2.45) is 0 Å². The molecule has 0 atom stereocenters. The molecule has 114 valence electrons. The van der Waals surface area contributed by atoms with Gasteiger partial charge in [0.15, 0.2) is 0 Å². The van der Waals surface area contributed by atoms with Crippen LogP contribution in [0.15, 0.2) is 55.1 Å². The molecule has 0 heterocycles. The maximum atomic E-state index is 13.6. The molecule has 2 aromatic rings. The average molecular weight is 300 g/mol. The summed E-state index contributed by atoms with van der Waals surface area (Å²) in [5, 5.41) is 2.66. The Bertz CT molecular complexity index is 686. The Morgan fingerprint density at radius 1 is 1.32 bits per heavy atom. The van der Waals surface area contributed by atoms with Crippen molar-refractivity contribution in [1.29, 1.82) is 0 Å². The predicted octanol–water partition coefficient (Wildman–Crippen LogP) is 2.90. The molecule has 22 heavy (non-hydrogen) atoms. The highest BCUT2D eigenvalue weighted by Crippen LogP contribution is 2.24. The number of halogens is 1. The number of nitrogens with two attached hydrogens (primary N) is 1. The summed E-state index contributed by atoms with van der Waals surface area (Å²) in [5.74, 6) is -0.258. The van der Waals surface area contributed by atoms with Gasteiger partial charge in [-0.05, 0) is 24.3 Å². The summed E-state index contributed by atoms with van der Waals surface area (Å²) < 4.78 is 19.1. The van der Waals surface area contributed by atoms with Crippen molar-refractivity contribution in [2.75, 3.05) is 12.3 Å². The summed E-state index contributed by atoms with van der Waals surface area (Å²) >= 11 is 0. The van der Waals surface area contributed by atoms with Crippen molar-refractivity contribution in [1.82, 2.24) is 5.32 Å². The highest BCUT2D eigenvalue weighted by molar-refractivity contribution is 5.95. The molecule has 1 amide bonds. The molecule has 0 aliphatic rings. The second-order valence-corrected chi connectivity index (χ2v) is 4.63. The van der Waals surface area contributed by atoms with E-state index in [0.29, 0.717) is 29.1 Å². The van der Waals surface area contributed by atoms with Crippen LogP contribution in [-0.4, -0.2) is 12.5 Å². The number of hydrogen-bond acceptors (Lipinski definition) is 3. The summed E-state index contributed by atoms with van der Waals surface area (Å²) in [6, 6.07) is 11.0. The summed E-state index contributed by atoms with van der Waals surface area (Å²) in [5.41, 5.74) is 7.05. The van der Waals surface area contributed by atoms with E-state index in [9.17, 15) is 9.18 Å². The molecule has 0 aromatic heterocycles. The van der Waals surface area contributed by atoms with Crippen LogP contribution in [0.5, 0.6) is 5.75 Å². The minimum absolute atomic E-state index is 0.0363. The van der Waals surface area contributed by atoms with Gasteiger partial charge in [0.1, 0.15) is 18.2 Å². The summed E-state index contributed by atoms with van der Waals surface area (Å²) in [6.07, 6.45) is 1.59. The van der Waals surface area contributed by atoms with Crippen LogP contribution < -0.4 is 15.8 Å². The van der Waals surface area contributed by atoms with E-state index in [2.05, 4.69) is 11.9 Å². The largest absolute Gasteiger partial charge is 0.487 e. The van der Waals surface area contributed by atoms with Crippen LogP contribution >= 0.6 is 0 Å². The lowest BCUT2D eigenvalue weighted by molar-refractivity contribution is 0.0957. The lowest BCUT2D eigenvalue weighted by Crippen LogP contribution is -2.23. The van der Waals surface area contributed by atoms with Gasteiger partial charge < -0.3 is 15.8 Å². The highest BCUT2D eigenvalue weighted by atomic mass is 19.1. The fourth-order valence-corrected chi connectivity index (χ4v) is 1.84. The van der Waals surface area contributed by atoms with Crippen LogP contribution in [0.4, 0.5) is 10.1 Å². The number of benzene rings is 2. The molecule has 5 heteroatoms. The SMILES string of the molecule is C=CCNC(=O)c1ccc(N)c(OCc2ccccc2F)c1. The molecule has 2 aromatic carbocycles. The van der Waals surface area contributed by atoms with Crippen LogP contribution in [0.1, 0.15) is 15.9 Å². The maximum Gasteiger partial charge on any atom is 0.251 e. The van der Waals surface area contributed by atoms with Gasteiger partial charge in [0, 0.05) is 17.7 Å². The van der Waals surface area contributed by atoms with E-state index in [4.69, 9.17) is 10.5 Å². The highest BCUT2D eigenvalue weighted by Gasteiger charge is 2.09. The van der Waals surface area contributed by atoms with Gasteiger partial charge >= 0.3 is 0 Å². The normalized spacial score (nSPS) is 10.0. The molecule has 0 saturated carbocycles. The standard InChI is InChI=1S/C17H17FN2O2/c1-2-9-20-17(21)12-7-8-15(19)16(10-12)22-11-13-5-3-4-6-14(13)18/h2-8,10H,1,9,11,19H2,(H,20,21). The molecule has 0 radical (unpaired) electrons. The number of nitrogens with one attached hydrogen (secondary N) is 1. The van der Waals surface area contributed by atoms with Crippen LogP contribution in [0.3, 0.4) is 0 Å². The quantitative estimate of drug-likeness (QED) is 0.637. The van der Waals surface area contributed by atoms with Crippen molar-refractivity contribution < 1.29 is 13.9 Å². The van der Waals surface area contributed by atoms with E-state index in [-0.39, 0.29) is 18.3 Å². The number of anilines is 1. The zero-order chi connectivity index (χ0) is 15.9. The van der Waals surface area contributed by atoms with Gasteiger partial charge in [-0.25, -0.2) is 4.39 Å². The molecular formula is C17H17FN2O2. The lowest BCUT2D eigenvalue weighted by atomic mass is 10.1. The number of ether oxygens (including phenoxy) is 1. The molecule has 0 bridgehead atoms. The zero-order valence-electron chi connectivity index (χ0n) is 12.0. The average Bonchev–Trinajstić information content (AvgIpc) is 2.53. The maximum absolute atomic E-state index is 13.6. The molecule has 0 unspecified atom stereocenters. The number of carbonyl (C=O) groups is 1. The lowest BCUT2D eigenvalue weighted by Gasteiger charge is -2.11. The molecule has 0 aliphatic carbocycles. The van der Waals surface area contributed by atoms with Gasteiger partial charge in [0.05, 0.1) is 5.69 Å². The molecule has 0 fully saturated rings. The predicted molar refractivity (Wildman–Crippen MR) is 84.1 cm³/mol. The Labute approximate surface area is 128 Å². The van der Waals surface area contributed by atoms with E-state index in [1.807, 2.05) is 0 Å². The van der Waals surface area contributed by atoms with Crippen molar-refractivity contribution in [2.45, 2.75) is 6.61 Å². The van der Waals surface area contributed by atoms with Gasteiger partial charge in [0.25, 0.3) is 5.91 Å². The second kappa shape index (κ2) is 7.26. The Morgan fingerprint density at radius 3 is 2.82 bits per heavy atom. The first kappa shape index (κ1) is 15.6. The molecule has 4 nitrogen and oxygen atoms in total. The Kier molecular flexibility index (Phi) is 5.14. The molecule has 0 saturated heterocycles. The van der Waals surface area contributed by atoms with E-state index in [1.54, 1.807) is 36.4 Å². The summed E-state index contributed by atoms with van der Waals surface area (Å²) in [7, 11) is 0. The Hall–Kier alpha value is -2.82. The first-order chi connectivity index (χ1) is 10.6. The third kappa shape index (κ3) is 3.85. The Balaban J connectivity index is 2.12. The van der Waals surface area contributed by atoms with Crippen LogP contribution in [0.25, 0.3) is 0 Å². The van der Waals surface area contributed by atoms with Crippen LogP contribution in [0.2, 0.25) is 0 Å². The summed E-state index contributed by atoms with van der Waals surface area (Å²) in [4.78, 5) is 11.9. The van der Waals surface area contributed by atoms with E-state index in [0.717, 1.165) is 0 Å². The Morgan fingerprint density at radius 2 is 2.09 bits per heavy atom. The fourth-order valence-electron chi connectivity index (χ4n) is 1.84. The number of carbonyl (C=O) groups excluding carboxylic acids is 1. The van der Waals surface area contributed by atoms with Gasteiger partial charge in [0.2, 0.25) is 0 Å². The number of amides is 1. The van der Waals surface area contributed by atoms with Crippen molar-refractivity contribution >= 4 is 11.6 Å². The van der Waals surface area contributed by atoms with Crippen LogP contribution in [-0.2, 0) is 6.61 Å². The number of hydrogen-bond donors (Lipinski definition) is 2. The molecular weight excluding hydrogens is 283 g/mol. The van der Waals surface area contributed by atoms with Gasteiger partial charge in [-0.2, -0.15) is 0 Å². The second-order valence-electron chi connectivity index (χ2n) is 4.63. The molecule has 2 rings (SSSR count). The topological polar surface area (TPSA) is 64.4 Å². The van der Waals surface area contributed by atoms with Crippen molar-refractivity contribution in [3.8, 4) is 5.75 Å². The smallest absolute Gasteiger partial charge is 0.251 e. The first-order valence-corrected chi connectivity index (χ1v) is 6.76. The monoisotopic (exact) mass is 300 g/mol. The third-order valence-electron chi connectivity index (χ3n) is 3.02. The summed E-state index contributed by atoms with van der Waals surface area (Å²) in [6.45, 7) is 3.94. The van der Waals surface area contributed by atoms with E-state index in [1.165, 1.54) is 12.1 Å². The number of rotatable bonds is 6. The van der Waals surface area contributed by atoms with E-state index < -0.39 is 0 Å². The zero-order valence-corrected chi connectivity index (χ0v) is 12.0. The molecule has 3 N–H and O–H groups in total. The number of nitrogen functional groups attached to an aromatic ring is 1. The van der Waals surface area contributed by atoms with Crippen molar-refractivity contribution in [3.05, 3.63) is 72.1 Å². The van der Waals surface area contributed by atoms with Crippen LogP contribution in [0, 0.1) is 5.82 Å². The van der Waals surface area contributed by atoms with E-state index >= 15 is 0 Å². The van der Waals surface area contributed by atoms with Gasteiger partial charge in [-0.1, -0.05) is 24.3 Å². The molecule has 0 aliphatic heterocycles. The van der Waals surface area contributed by atoms with Gasteiger partial charge in [-0.15, -0.1) is 6.58 Å². The van der Waals surface area contributed by atoms with Crippen molar-refractivity contribution in [3.63, 3.8) is 0 Å². The molecule has 0 spiro atoms. The fraction of sp³-hybridized carbons (Fsp3) is 0.118.